The summed E-state index contributed by atoms with van der Waals surface area (Å²) in [5.74, 6) is -0.964. The van der Waals surface area contributed by atoms with Gasteiger partial charge in [0, 0.05) is 6.04 Å². The van der Waals surface area contributed by atoms with Gasteiger partial charge in [0.25, 0.3) is 0 Å². The zero-order valence-corrected chi connectivity index (χ0v) is 8.33. The van der Waals surface area contributed by atoms with Crippen molar-refractivity contribution in [1.29, 1.82) is 0 Å². The molecule has 1 atom stereocenters. The van der Waals surface area contributed by atoms with Crippen molar-refractivity contribution >= 4 is 17.0 Å². The Kier molecular flexibility index (Phi) is 4.20. The van der Waals surface area contributed by atoms with Gasteiger partial charge in [-0.3, -0.25) is 0 Å². The molecule has 0 saturated carbocycles. The molecular formula is C8H11BrFNO. The van der Waals surface area contributed by atoms with Crippen LogP contribution in [-0.4, -0.2) is 5.11 Å². The Labute approximate surface area is 81.0 Å². The molecular weight excluding hydrogens is 225 g/mol. The summed E-state index contributed by atoms with van der Waals surface area (Å²) >= 11 is 0. The molecule has 1 rings (SSSR count). The summed E-state index contributed by atoms with van der Waals surface area (Å²) in [4.78, 5) is 0. The number of halogens is 2. The monoisotopic (exact) mass is 235 g/mol. The molecule has 68 valence electrons. The highest BCUT2D eigenvalue weighted by atomic mass is 79.9. The lowest BCUT2D eigenvalue weighted by molar-refractivity contribution is 0.431. The molecule has 12 heavy (non-hydrogen) atoms. The van der Waals surface area contributed by atoms with Gasteiger partial charge in [-0.2, -0.15) is 0 Å². The van der Waals surface area contributed by atoms with Crippen molar-refractivity contribution in [2.75, 3.05) is 0 Å². The molecule has 0 spiro atoms. The topological polar surface area (TPSA) is 46.2 Å². The third-order valence-corrected chi connectivity index (χ3v) is 1.50. The summed E-state index contributed by atoms with van der Waals surface area (Å²) in [6.45, 7) is 1.76. The smallest absolute Gasteiger partial charge is 0.165 e. The van der Waals surface area contributed by atoms with E-state index in [0.29, 0.717) is 5.56 Å². The van der Waals surface area contributed by atoms with E-state index in [-0.39, 0.29) is 28.8 Å². The van der Waals surface area contributed by atoms with Gasteiger partial charge in [0.15, 0.2) is 11.6 Å². The molecule has 0 bridgehead atoms. The predicted molar refractivity (Wildman–Crippen MR) is 51.0 cm³/mol. The number of nitrogens with two attached hydrogens (primary N) is 1. The lowest BCUT2D eigenvalue weighted by atomic mass is 10.1. The maximum atomic E-state index is 12.6. The number of hydrogen-bond donors (Lipinski definition) is 2. The molecule has 1 unspecified atom stereocenters. The number of rotatable bonds is 1. The SMILES string of the molecule is Br.CC(N)c1ccc(O)c(F)c1. The van der Waals surface area contributed by atoms with Crippen LogP contribution in [-0.2, 0) is 0 Å². The van der Waals surface area contributed by atoms with Gasteiger partial charge in [0.05, 0.1) is 0 Å². The maximum Gasteiger partial charge on any atom is 0.165 e. The second-order valence-corrected chi connectivity index (χ2v) is 2.50. The first-order valence-electron chi connectivity index (χ1n) is 3.35. The first-order chi connectivity index (χ1) is 5.11. The molecule has 1 aromatic carbocycles. The van der Waals surface area contributed by atoms with E-state index in [1.165, 1.54) is 12.1 Å². The van der Waals surface area contributed by atoms with Gasteiger partial charge in [-0.15, -0.1) is 17.0 Å². The number of benzene rings is 1. The summed E-state index contributed by atoms with van der Waals surface area (Å²) in [6.07, 6.45) is 0. The minimum Gasteiger partial charge on any atom is -0.505 e. The van der Waals surface area contributed by atoms with Crippen molar-refractivity contribution in [3.8, 4) is 5.75 Å². The van der Waals surface area contributed by atoms with E-state index >= 15 is 0 Å². The Bertz CT molecular complexity index is 265. The molecule has 3 N–H and O–H groups in total. The Balaban J connectivity index is 0.00000121. The predicted octanol–water partition coefficient (Wildman–Crippen LogP) is 2.13. The molecule has 4 heteroatoms. The normalized spacial score (nSPS) is 11.9. The number of phenols is 1. The van der Waals surface area contributed by atoms with Crippen LogP contribution in [0, 0.1) is 5.82 Å². The summed E-state index contributed by atoms with van der Waals surface area (Å²) in [6, 6.07) is 3.93. The number of hydrogen-bond acceptors (Lipinski definition) is 2. The van der Waals surface area contributed by atoms with Crippen LogP contribution in [0.3, 0.4) is 0 Å². The van der Waals surface area contributed by atoms with E-state index in [0.717, 1.165) is 0 Å². The summed E-state index contributed by atoms with van der Waals surface area (Å²) < 4.78 is 12.6. The molecule has 1 aromatic rings. The number of aromatic hydroxyl groups is 1. The van der Waals surface area contributed by atoms with Crippen LogP contribution < -0.4 is 5.73 Å². The van der Waals surface area contributed by atoms with Crippen molar-refractivity contribution in [2.24, 2.45) is 5.73 Å². The van der Waals surface area contributed by atoms with Crippen molar-refractivity contribution in [1.82, 2.24) is 0 Å². The van der Waals surface area contributed by atoms with Gasteiger partial charge in [0.1, 0.15) is 0 Å². The van der Waals surface area contributed by atoms with Gasteiger partial charge in [-0.1, -0.05) is 6.07 Å². The maximum absolute atomic E-state index is 12.6. The second kappa shape index (κ2) is 4.42. The summed E-state index contributed by atoms with van der Waals surface area (Å²) in [7, 11) is 0. The Morgan fingerprint density at radius 2 is 2.08 bits per heavy atom. The molecule has 0 aliphatic heterocycles. The molecule has 0 radical (unpaired) electrons. The fourth-order valence-electron chi connectivity index (χ4n) is 0.806. The minimum absolute atomic E-state index is 0. The fraction of sp³-hybridized carbons (Fsp3) is 0.250. The quantitative estimate of drug-likeness (QED) is 0.784. The number of phenolic OH excluding ortho intramolecular Hbond substituents is 1. The van der Waals surface area contributed by atoms with Gasteiger partial charge < -0.3 is 10.8 Å². The van der Waals surface area contributed by atoms with E-state index < -0.39 is 5.82 Å². The summed E-state index contributed by atoms with van der Waals surface area (Å²) in [5, 5.41) is 8.81. The highest BCUT2D eigenvalue weighted by Crippen LogP contribution is 2.18. The van der Waals surface area contributed by atoms with Crippen LogP contribution in [0.25, 0.3) is 0 Å². The second-order valence-electron chi connectivity index (χ2n) is 2.50. The van der Waals surface area contributed by atoms with Crippen LogP contribution in [0.4, 0.5) is 4.39 Å². The average Bonchev–Trinajstić information content (AvgIpc) is 1.94. The van der Waals surface area contributed by atoms with E-state index in [9.17, 15) is 4.39 Å². The molecule has 0 aliphatic carbocycles. The molecule has 0 saturated heterocycles. The van der Waals surface area contributed by atoms with Gasteiger partial charge in [0.2, 0.25) is 0 Å². The fourth-order valence-corrected chi connectivity index (χ4v) is 0.806. The molecule has 0 heterocycles. The van der Waals surface area contributed by atoms with Crippen LogP contribution >= 0.6 is 17.0 Å². The van der Waals surface area contributed by atoms with Crippen molar-refractivity contribution in [3.63, 3.8) is 0 Å². The van der Waals surface area contributed by atoms with E-state index in [1.54, 1.807) is 13.0 Å². The molecule has 0 amide bonds. The van der Waals surface area contributed by atoms with Crippen molar-refractivity contribution in [3.05, 3.63) is 29.6 Å². The third-order valence-electron chi connectivity index (χ3n) is 1.50. The lowest BCUT2D eigenvalue weighted by Crippen LogP contribution is -2.04. The van der Waals surface area contributed by atoms with Crippen molar-refractivity contribution < 1.29 is 9.50 Å². The minimum atomic E-state index is -0.625. The first-order valence-corrected chi connectivity index (χ1v) is 3.35. The highest BCUT2D eigenvalue weighted by molar-refractivity contribution is 8.93. The highest BCUT2D eigenvalue weighted by Gasteiger charge is 2.03. The van der Waals surface area contributed by atoms with E-state index in [1.807, 2.05) is 0 Å². The molecule has 2 nitrogen and oxygen atoms in total. The third kappa shape index (κ3) is 2.46. The molecule has 0 fully saturated rings. The zero-order chi connectivity index (χ0) is 8.43. The Hall–Kier alpha value is -0.610. The van der Waals surface area contributed by atoms with E-state index in [4.69, 9.17) is 10.8 Å². The van der Waals surface area contributed by atoms with Crippen LogP contribution in [0.1, 0.15) is 18.5 Å². The van der Waals surface area contributed by atoms with Gasteiger partial charge in [-0.05, 0) is 24.6 Å². The van der Waals surface area contributed by atoms with E-state index in [2.05, 4.69) is 0 Å². The lowest BCUT2D eigenvalue weighted by Gasteiger charge is -2.04. The standard InChI is InChI=1S/C8H10FNO.BrH/c1-5(10)6-2-3-8(11)7(9)4-6;/h2-5,11H,10H2,1H3;1H. The summed E-state index contributed by atoms with van der Waals surface area (Å²) in [5.41, 5.74) is 6.17. The van der Waals surface area contributed by atoms with Gasteiger partial charge >= 0.3 is 0 Å². The molecule has 0 aromatic heterocycles. The van der Waals surface area contributed by atoms with Crippen molar-refractivity contribution in [2.45, 2.75) is 13.0 Å². The van der Waals surface area contributed by atoms with Crippen LogP contribution in [0.2, 0.25) is 0 Å². The van der Waals surface area contributed by atoms with Crippen LogP contribution in [0.15, 0.2) is 18.2 Å². The molecule has 0 aliphatic rings. The Morgan fingerprint density at radius 3 is 2.50 bits per heavy atom. The van der Waals surface area contributed by atoms with Gasteiger partial charge in [-0.25, -0.2) is 4.39 Å². The zero-order valence-electron chi connectivity index (χ0n) is 6.62. The first kappa shape index (κ1) is 11.4. The average molecular weight is 236 g/mol. The Morgan fingerprint density at radius 1 is 1.50 bits per heavy atom. The van der Waals surface area contributed by atoms with Crippen LogP contribution in [0.5, 0.6) is 5.75 Å². The largest absolute Gasteiger partial charge is 0.505 e.